The molecule has 0 radical (unpaired) electrons. The number of hydrogen-bond acceptors (Lipinski definition) is 4. The summed E-state index contributed by atoms with van der Waals surface area (Å²) in [6.45, 7) is 0. The summed E-state index contributed by atoms with van der Waals surface area (Å²) in [4.78, 5) is 23.8. The van der Waals surface area contributed by atoms with Gasteiger partial charge in [-0.25, -0.2) is 4.79 Å². The second kappa shape index (κ2) is 9.65. The highest BCUT2D eigenvalue weighted by molar-refractivity contribution is 6.68. The predicted molar refractivity (Wildman–Crippen MR) is 106 cm³/mol. The second-order valence-corrected chi connectivity index (χ2v) is 7.68. The average Bonchev–Trinajstić information content (AvgIpc) is 2.65. The molecule has 0 aromatic heterocycles. The van der Waals surface area contributed by atoms with Crippen LogP contribution in [0.1, 0.15) is 15.9 Å². The first kappa shape index (κ1) is 21.1. The predicted octanol–water partition coefficient (Wildman–Crippen LogP) is 4.38. The molecular weight excluding hydrogens is 413 g/mol. The summed E-state index contributed by atoms with van der Waals surface area (Å²) in [5, 5.41) is 2.48. The molecule has 0 aliphatic rings. The summed E-state index contributed by atoms with van der Waals surface area (Å²) in [6.07, 6.45) is 1.62. The van der Waals surface area contributed by atoms with Crippen LogP contribution in [0.5, 0.6) is 5.75 Å². The van der Waals surface area contributed by atoms with Gasteiger partial charge in [-0.3, -0.25) is 4.79 Å². The van der Waals surface area contributed by atoms with Gasteiger partial charge in [0.15, 0.2) is 0 Å². The molecule has 0 aliphatic carbocycles. The molecule has 5 nitrogen and oxygen atoms in total. The molecular formula is C19H16Cl3NO4. The van der Waals surface area contributed by atoms with Crippen LogP contribution >= 0.6 is 34.8 Å². The van der Waals surface area contributed by atoms with Crippen LogP contribution in [0.25, 0.3) is 6.08 Å². The molecule has 142 valence electrons. The van der Waals surface area contributed by atoms with Gasteiger partial charge in [-0.15, -0.1) is 0 Å². The third kappa shape index (κ3) is 6.79. The lowest BCUT2D eigenvalue weighted by atomic mass is 10.2. The van der Waals surface area contributed by atoms with E-state index >= 15 is 0 Å². The van der Waals surface area contributed by atoms with Crippen molar-refractivity contribution in [3.8, 4) is 5.75 Å². The monoisotopic (exact) mass is 427 g/mol. The third-order valence-corrected chi connectivity index (χ3v) is 3.90. The minimum absolute atomic E-state index is 0.224. The number of amides is 1. The van der Waals surface area contributed by atoms with Crippen LogP contribution in [0.2, 0.25) is 0 Å². The first-order chi connectivity index (χ1) is 12.8. The molecule has 0 bridgehead atoms. The maximum atomic E-state index is 12.2. The molecule has 0 saturated heterocycles. The fraction of sp³-hybridized carbons (Fsp3) is 0.158. The summed E-state index contributed by atoms with van der Waals surface area (Å²) < 4.78 is 8.27. The molecule has 2 rings (SSSR count). The molecule has 0 unspecified atom stereocenters. The Hall–Kier alpha value is -2.21. The summed E-state index contributed by atoms with van der Waals surface area (Å²) in [7, 11) is 1.26. The Morgan fingerprint density at radius 3 is 2.41 bits per heavy atom. The van der Waals surface area contributed by atoms with Crippen LogP contribution in [0.15, 0.2) is 60.7 Å². The van der Waals surface area contributed by atoms with Gasteiger partial charge in [-0.1, -0.05) is 71.2 Å². The van der Waals surface area contributed by atoms with E-state index < -0.39 is 21.9 Å². The van der Waals surface area contributed by atoms with Gasteiger partial charge in [-0.2, -0.15) is 0 Å². The summed E-state index contributed by atoms with van der Waals surface area (Å²) in [5.74, 6) is -0.832. The maximum Gasteiger partial charge on any atom is 0.337 e. The lowest BCUT2D eigenvalue weighted by molar-refractivity contribution is -0.118. The van der Waals surface area contributed by atoms with Crippen LogP contribution in [0.3, 0.4) is 0 Å². The van der Waals surface area contributed by atoms with Gasteiger partial charge in [0.25, 0.3) is 0 Å². The Bertz CT molecular complexity index is 819. The topological polar surface area (TPSA) is 64.6 Å². The molecule has 2 aromatic carbocycles. The van der Waals surface area contributed by atoms with Crippen molar-refractivity contribution in [3.05, 3.63) is 71.8 Å². The first-order valence-corrected chi connectivity index (χ1v) is 8.88. The standard InChI is InChI=1S/C19H16Cl3NO4/c1-26-17(25)14-8-5-9-15(12-14)27-18(19(20,21)22)23-16(24)11-10-13-6-3-2-4-7-13/h2-12,18H,1H3,(H,23,24)/b11-10+/t18-/m1/s1. The molecule has 1 atom stereocenters. The van der Waals surface area contributed by atoms with Gasteiger partial charge in [-0.05, 0) is 29.8 Å². The number of alkyl halides is 3. The zero-order valence-electron chi connectivity index (χ0n) is 14.2. The normalized spacial score (nSPS) is 12.4. The van der Waals surface area contributed by atoms with E-state index in [4.69, 9.17) is 39.5 Å². The van der Waals surface area contributed by atoms with Gasteiger partial charge in [0, 0.05) is 6.08 Å². The highest BCUT2D eigenvalue weighted by Gasteiger charge is 2.36. The zero-order chi connectivity index (χ0) is 19.9. The van der Waals surface area contributed by atoms with Crippen molar-refractivity contribution in [1.29, 1.82) is 0 Å². The highest BCUT2D eigenvalue weighted by Crippen LogP contribution is 2.32. The number of carbonyl (C=O) groups is 2. The number of rotatable bonds is 6. The van der Waals surface area contributed by atoms with E-state index in [0.29, 0.717) is 0 Å². The first-order valence-electron chi connectivity index (χ1n) is 7.75. The number of carbonyl (C=O) groups excluding carboxylic acids is 2. The third-order valence-electron chi connectivity index (χ3n) is 3.31. The van der Waals surface area contributed by atoms with Crippen molar-refractivity contribution in [1.82, 2.24) is 5.32 Å². The van der Waals surface area contributed by atoms with E-state index in [0.717, 1.165) is 5.56 Å². The molecule has 1 N–H and O–H groups in total. The molecule has 2 aromatic rings. The second-order valence-electron chi connectivity index (χ2n) is 5.31. The Kier molecular flexibility index (Phi) is 7.54. The number of hydrogen-bond donors (Lipinski definition) is 1. The zero-order valence-corrected chi connectivity index (χ0v) is 16.5. The molecule has 0 spiro atoms. The van der Waals surface area contributed by atoms with Gasteiger partial charge in [0.2, 0.25) is 15.9 Å². The number of methoxy groups -OCH3 is 1. The fourth-order valence-electron chi connectivity index (χ4n) is 2.04. The van der Waals surface area contributed by atoms with Gasteiger partial charge in [0.1, 0.15) is 5.75 Å². The van der Waals surface area contributed by atoms with Crippen LogP contribution in [0, 0.1) is 0 Å². The molecule has 0 fully saturated rings. The number of esters is 1. The Labute approximate surface area is 171 Å². The Morgan fingerprint density at radius 1 is 1.07 bits per heavy atom. The quantitative estimate of drug-likeness (QED) is 0.321. The van der Waals surface area contributed by atoms with Crippen LogP contribution < -0.4 is 10.1 Å². The largest absolute Gasteiger partial charge is 0.466 e. The molecule has 8 heteroatoms. The van der Waals surface area contributed by atoms with E-state index in [-0.39, 0.29) is 11.3 Å². The summed E-state index contributed by atoms with van der Waals surface area (Å²) in [5.41, 5.74) is 1.10. The molecule has 0 aliphatic heterocycles. The van der Waals surface area contributed by atoms with E-state index in [1.807, 2.05) is 30.3 Å². The van der Waals surface area contributed by atoms with Crippen molar-refractivity contribution in [2.45, 2.75) is 10.0 Å². The minimum atomic E-state index is -1.95. The minimum Gasteiger partial charge on any atom is -0.466 e. The van der Waals surface area contributed by atoms with Crippen molar-refractivity contribution in [2.75, 3.05) is 7.11 Å². The molecule has 0 heterocycles. The van der Waals surface area contributed by atoms with Crippen LogP contribution in [-0.2, 0) is 9.53 Å². The highest BCUT2D eigenvalue weighted by atomic mass is 35.6. The van der Waals surface area contributed by atoms with Crippen LogP contribution in [0.4, 0.5) is 0 Å². The van der Waals surface area contributed by atoms with Crippen molar-refractivity contribution in [3.63, 3.8) is 0 Å². The number of nitrogens with one attached hydrogen (secondary N) is 1. The van der Waals surface area contributed by atoms with Crippen LogP contribution in [-0.4, -0.2) is 29.0 Å². The lowest BCUT2D eigenvalue weighted by Gasteiger charge is -2.26. The maximum absolute atomic E-state index is 12.2. The van der Waals surface area contributed by atoms with Crippen molar-refractivity contribution >= 4 is 52.8 Å². The van der Waals surface area contributed by atoms with E-state index in [2.05, 4.69) is 10.1 Å². The smallest absolute Gasteiger partial charge is 0.337 e. The molecule has 27 heavy (non-hydrogen) atoms. The van der Waals surface area contributed by atoms with Gasteiger partial charge >= 0.3 is 5.97 Å². The Balaban J connectivity index is 2.11. The van der Waals surface area contributed by atoms with Crippen molar-refractivity contribution in [2.24, 2.45) is 0 Å². The van der Waals surface area contributed by atoms with E-state index in [9.17, 15) is 9.59 Å². The SMILES string of the molecule is COC(=O)c1cccc(O[C@@H](NC(=O)/C=C/c2ccccc2)C(Cl)(Cl)Cl)c1. The average molecular weight is 429 g/mol. The Morgan fingerprint density at radius 2 is 1.78 bits per heavy atom. The van der Waals surface area contributed by atoms with Crippen molar-refractivity contribution < 1.29 is 19.1 Å². The number of ether oxygens (including phenoxy) is 2. The lowest BCUT2D eigenvalue weighted by Crippen LogP contribution is -2.47. The number of halogens is 3. The van der Waals surface area contributed by atoms with Gasteiger partial charge < -0.3 is 14.8 Å². The summed E-state index contributed by atoms with van der Waals surface area (Å²) >= 11 is 17.7. The van der Waals surface area contributed by atoms with E-state index in [1.54, 1.807) is 24.3 Å². The van der Waals surface area contributed by atoms with E-state index in [1.165, 1.54) is 19.3 Å². The van der Waals surface area contributed by atoms with Gasteiger partial charge in [0.05, 0.1) is 12.7 Å². The molecule has 0 saturated carbocycles. The molecule has 1 amide bonds. The fourth-order valence-corrected chi connectivity index (χ4v) is 2.34. The number of benzene rings is 2. The summed E-state index contributed by atoms with van der Waals surface area (Å²) in [6, 6.07) is 15.3.